The van der Waals surface area contributed by atoms with E-state index < -0.39 is 0 Å². The molecule has 3 fully saturated rings. The molecular formula is C21H30ClN5. The van der Waals surface area contributed by atoms with Crippen molar-refractivity contribution in [1.82, 2.24) is 24.8 Å². The van der Waals surface area contributed by atoms with Crippen molar-refractivity contribution in [2.45, 2.75) is 58.2 Å². The van der Waals surface area contributed by atoms with Gasteiger partial charge in [0, 0.05) is 57.6 Å². The van der Waals surface area contributed by atoms with Crippen molar-refractivity contribution < 1.29 is 0 Å². The molecule has 0 aromatic carbocycles. The van der Waals surface area contributed by atoms with Gasteiger partial charge in [-0.25, -0.2) is 4.98 Å². The van der Waals surface area contributed by atoms with Gasteiger partial charge in [0.2, 0.25) is 0 Å². The van der Waals surface area contributed by atoms with Crippen LogP contribution in [0.3, 0.4) is 0 Å². The number of unbranched alkanes of at least 4 members (excludes halogenated alkanes) is 1. The quantitative estimate of drug-likeness (QED) is 0.782. The van der Waals surface area contributed by atoms with Crippen molar-refractivity contribution in [3.05, 3.63) is 46.8 Å². The number of fused-ring (bicyclic) bond motifs is 4. The Morgan fingerprint density at radius 3 is 2.96 bits per heavy atom. The van der Waals surface area contributed by atoms with Crippen LogP contribution < -0.4 is 0 Å². The minimum atomic E-state index is 0.596. The molecular weight excluding hydrogens is 358 g/mol. The second-order valence-corrected chi connectivity index (χ2v) is 8.50. The number of rotatable bonds is 7. The summed E-state index contributed by atoms with van der Waals surface area (Å²) in [6.45, 7) is 7.56. The van der Waals surface area contributed by atoms with Gasteiger partial charge < -0.3 is 4.98 Å². The van der Waals surface area contributed by atoms with Crippen molar-refractivity contribution >= 4 is 11.6 Å². The normalized spacial score (nSPS) is 23.6. The van der Waals surface area contributed by atoms with Gasteiger partial charge in [-0.1, -0.05) is 31.0 Å². The standard InChI is InChI=1S/C21H30ClN5/c1-2-3-6-20-24-19(21(22)25-20)15-27-13-17-7-8-18(27)14-26(12-17)11-16-5-4-9-23-10-16/h4-5,9-10,17-18H,2-3,6-8,11-15H2,1H3,(H,24,25)/t17-,18+/m0/s1. The van der Waals surface area contributed by atoms with E-state index >= 15 is 0 Å². The van der Waals surface area contributed by atoms with Gasteiger partial charge in [-0.3, -0.25) is 14.8 Å². The maximum atomic E-state index is 6.44. The number of aryl methyl sites for hydroxylation is 1. The van der Waals surface area contributed by atoms with Crippen LogP contribution in [-0.4, -0.2) is 50.4 Å². The predicted molar refractivity (Wildman–Crippen MR) is 109 cm³/mol. The van der Waals surface area contributed by atoms with E-state index in [1.165, 1.54) is 31.4 Å². The van der Waals surface area contributed by atoms with E-state index in [0.717, 1.165) is 56.5 Å². The van der Waals surface area contributed by atoms with Gasteiger partial charge in [-0.15, -0.1) is 0 Å². The lowest BCUT2D eigenvalue weighted by molar-refractivity contribution is 0.121. The Kier molecular flexibility index (Phi) is 6.11. The summed E-state index contributed by atoms with van der Waals surface area (Å²) in [5.41, 5.74) is 2.40. The van der Waals surface area contributed by atoms with E-state index in [1.807, 2.05) is 18.5 Å². The number of aromatic amines is 1. The first-order chi connectivity index (χ1) is 13.2. The zero-order chi connectivity index (χ0) is 18.6. The number of nitrogens with one attached hydrogen (secondary N) is 1. The number of hydrogen-bond acceptors (Lipinski definition) is 4. The molecule has 5 nitrogen and oxygen atoms in total. The highest BCUT2D eigenvalue weighted by atomic mass is 35.5. The zero-order valence-corrected chi connectivity index (χ0v) is 17.0. The Bertz CT molecular complexity index is 731. The first-order valence-corrected chi connectivity index (χ1v) is 10.7. The van der Waals surface area contributed by atoms with Gasteiger partial charge in [-0.05, 0) is 36.8 Å². The molecule has 146 valence electrons. The SMILES string of the molecule is CCCCc1nc(Cl)c(CN2C[C@H]3CC[C@@H]2CN(Cc2cccnc2)C3)[nH]1. The van der Waals surface area contributed by atoms with Crippen LogP contribution in [0.5, 0.6) is 0 Å². The largest absolute Gasteiger partial charge is 0.344 e. The summed E-state index contributed by atoms with van der Waals surface area (Å²) in [6, 6.07) is 4.81. The van der Waals surface area contributed by atoms with Crippen molar-refractivity contribution in [2.75, 3.05) is 19.6 Å². The number of imidazole rings is 1. The molecule has 0 radical (unpaired) electrons. The fourth-order valence-corrected chi connectivity index (χ4v) is 4.77. The Labute approximate surface area is 167 Å². The van der Waals surface area contributed by atoms with Gasteiger partial charge in [0.1, 0.15) is 5.82 Å². The summed E-state index contributed by atoms with van der Waals surface area (Å²) in [7, 11) is 0. The van der Waals surface area contributed by atoms with E-state index in [-0.39, 0.29) is 0 Å². The molecule has 0 saturated carbocycles. The highest BCUT2D eigenvalue weighted by Gasteiger charge is 2.35. The second-order valence-electron chi connectivity index (χ2n) is 8.14. The molecule has 6 heteroatoms. The van der Waals surface area contributed by atoms with Crippen LogP contribution in [0.4, 0.5) is 0 Å². The van der Waals surface area contributed by atoms with Crippen LogP contribution in [0.15, 0.2) is 24.5 Å². The fourth-order valence-electron chi connectivity index (χ4n) is 4.56. The molecule has 3 aliphatic rings. The summed E-state index contributed by atoms with van der Waals surface area (Å²) in [5, 5.41) is 0.661. The summed E-state index contributed by atoms with van der Waals surface area (Å²) < 4.78 is 0. The monoisotopic (exact) mass is 387 g/mol. The fraction of sp³-hybridized carbons (Fsp3) is 0.619. The minimum Gasteiger partial charge on any atom is -0.344 e. The number of nitrogens with zero attached hydrogens (tertiary/aromatic N) is 4. The van der Waals surface area contributed by atoms with Crippen LogP contribution in [0.2, 0.25) is 5.15 Å². The number of aromatic nitrogens is 3. The number of H-pyrrole nitrogens is 1. The smallest absolute Gasteiger partial charge is 0.151 e. The van der Waals surface area contributed by atoms with E-state index in [2.05, 4.69) is 37.7 Å². The van der Waals surface area contributed by atoms with Gasteiger partial charge >= 0.3 is 0 Å². The first-order valence-electron chi connectivity index (χ1n) is 10.3. The van der Waals surface area contributed by atoms with Gasteiger partial charge in [0.25, 0.3) is 0 Å². The van der Waals surface area contributed by atoms with Crippen molar-refractivity contribution in [1.29, 1.82) is 0 Å². The zero-order valence-electron chi connectivity index (χ0n) is 16.2. The molecule has 0 amide bonds. The Balaban J connectivity index is 1.41. The first kappa shape index (κ1) is 18.9. The molecule has 2 atom stereocenters. The third-order valence-electron chi connectivity index (χ3n) is 5.94. The molecule has 3 aliphatic heterocycles. The summed E-state index contributed by atoms with van der Waals surface area (Å²) in [5.74, 6) is 1.77. The van der Waals surface area contributed by atoms with Crippen LogP contribution in [0, 0.1) is 5.92 Å². The molecule has 1 N–H and O–H groups in total. The van der Waals surface area contributed by atoms with Crippen molar-refractivity contribution in [3.8, 4) is 0 Å². The van der Waals surface area contributed by atoms with E-state index in [9.17, 15) is 0 Å². The molecule has 5 heterocycles. The average molecular weight is 388 g/mol. The third kappa shape index (κ3) is 4.71. The highest BCUT2D eigenvalue weighted by Crippen LogP contribution is 2.30. The summed E-state index contributed by atoms with van der Waals surface area (Å²) in [4.78, 5) is 17.5. The lowest BCUT2D eigenvalue weighted by atomic mass is 9.95. The maximum absolute atomic E-state index is 6.44. The minimum absolute atomic E-state index is 0.596. The number of piperidine rings is 1. The van der Waals surface area contributed by atoms with Crippen LogP contribution >= 0.6 is 11.6 Å². The van der Waals surface area contributed by atoms with Gasteiger partial charge in [-0.2, -0.15) is 0 Å². The maximum Gasteiger partial charge on any atom is 0.151 e. The Morgan fingerprint density at radius 2 is 2.15 bits per heavy atom. The van der Waals surface area contributed by atoms with Gasteiger partial charge in [0.15, 0.2) is 5.15 Å². The third-order valence-corrected chi connectivity index (χ3v) is 6.25. The van der Waals surface area contributed by atoms with Crippen LogP contribution in [0.1, 0.15) is 49.7 Å². The lowest BCUT2D eigenvalue weighted by Crippen LogP contribution is -2.43. The highest BCUT2D eigenvalue weighted by molar-refractivity contribution is 6.30. The molecule has 0 aliphatic carbocycles. The molecule has 0 unspecified atom stereocenters. The number of hydrogen-bond donors (Lipinski definition) is 1. The second kappa shape index (κ2) is 8.72. The Morgan fingerprint density at radius 1 is 1.22 bits per heavy atom. The Hall–Kier alpha value is -1.43. The number of halogens is 1. The average Bonchev–Trinajstić information content (AvgIpc) is 2.82. The van der Waals surface area contributed by atoms with E-state index in [0.29, 0.717) is 11.2 Å². The van der Waals surface area contributed by atoms with Gasteiger partial charge in [0.05, 0.1) is 5.69 Å². The lowest BCUT2D eigenvalue weighted by Gasteiger charge is -2.35. The molecule has 3 saturated heterocycles. The molecule has 2 aromatic heterocycles. The van der Waals surface area contributed by atoms with E-state index in [1.54, 1.807) is 0 Å². The molecule has 27 heavy (non-hydrogen) atoms. The van der Waals surface area contributed by atoms with Crippen LogP contribution in [-0.2, 0) is 19.5 Å². The summed E-state index contributed by atoms with van der Waals surface area (Å²) >= 11 is 6.44. The number of pyridine rings is 1. The van der Waals surface area contributed by atoms with Crippen molar-refractivity contribution in [3.63, 3.8) is 0 Å². The molecule has 5 rings (SSSR count). The predicted octanol–water partition coefficient (Wildman–Crippen LogP) is 3.90. The van der Waals surface area contributed by atoms with E-state index in [4.69, 9.17) is 11.6 Å². The summed E-state index contributed by atoms with van der Waals surface area (Å²) in [6.07, 6.45) is 9.78. The molecule has 2 aromatic rings. The molecule has 2 bridgehead atoms. The van der Waals surface area contributed by atoms with Crippen LogP contribution in [0.25, 0.3) is 0 Å². The molecule has 0 spiro atoms. The topological polar surface area (TPSA) is 48.1 Å². The van der Waals surface area contributed by atoms with Crippen molar-refractivity contribution in [2.24, 2.45) is 5.92 Å².